The lowest BCUT2D eigenvalue weighted by molar-refractivity contribution is -0.123. The Balaban J connectivity index is 1.34. The lowest BCUT2D eigenvalue weighted by Crippen LogP contribution is -2.27. The van der Waals surface area contributed by atoms with Gasteiger partial charge >= 0.3 is 0 Å². The minimum Gasteiger partial charge on any atom is -0.493 e. The third-order valence-corrected chi connectivity index (χ3v) is 7.58. The Hall–Kier alpha value is -3.55. The molecule has 0 unspecified atom stereocenters. The van der Waals surface area contributed by atoms with Crippen LogP contribution in [0.2, 0.25) is 0 Å². The fraction of sp³-hybridized carbons (Fsp3) is 0.133. The van der Waals surface area contributed by atoms with E-state index in [1.54, 1.807) is 19.3 Å². The molecule has 1 fully saturated rings. The van der Waals surface area contributed by atoms with Gasteiger partial charge in [0.25, 0.3) is 11.1 Å². The summed E-state index contributed by atoms with van der Waals surface area (Å²) in [7, 11) is 1.57. The average molecular weight is 574 g/mol. The lowest BCUT2D eigenvalue weighted by Gasteiger charge is -2.14. The van der Waals surface area contributed by atoms with Gasteiger partial charge in [-0.15, -0.1) is 0 Å². The van der Waals surface area contributed by atoms with E-state index in [9.17, 15) is 9.59 Å². The predicted octanol–water partition coefficient (Wildman–Crippen LogP) is 7.73. The zero-order chi connectivity index (χ0) is 25.9. The van der Waals surface area contributed by atoms with Crippen molar-refractivity contribution in [2.75, 3.05) is 7.11 Å². The van der Waals surface area contributed by atoms with Crippen LogP contribution in [0.15, 0.2) is 88.2 Å². The van der Waals surface area contributed by atoms with Gasteiger partial charge < -0.3 is 9.47 Å². The van der Waals surface area contributed by atoms with Gasteiger partial charge in [0.05, 0.1) is 23.0 Å². The van der Waals surface area contributed by atoms with Gasteiger partial charge in [-0.1, -0.05) is 66.2 Å². The normalized spacial score (nSPS) is 14.6. The molecule has 0 bridgehead atoms. The van der Waals surface area contributed by atoms with Crippen LogP contribution in [0.4, 0.5) is 4.79 Å². The maximum atomic E-state index is 13.1. The number of imide groups is 1. The van der Waals surface area contributed by atoms with Crippen molar-refractivity contribution in [3.63, 3.8) is 0 Å². The van der Waals surface area contributed by atoms with Crippen LogP contribution in [0, 0.1) is 6.92 Å². The number of carbonyl (C=O) groups is 2. The van der Waals surface area contributed by atoms with Crippen LogP contribution in [-0.2, 0) is 17.9 Å². The highest BCUT2D eigenvalue weighted by molar-refractivity contribution is 9.10. The summed E-state index contributed by atoms with van der Waals surface area (Å²) in [4.78, 5) is 27.5. The van der Waals surface area contributed by atoms with E-state index >= 15 is 0 Å². The molecule has 1 aliphatic rings. The zero-order valence-electron chi connectivity index (χ0n) is 20.4. The van der Waals surface area contributed by atoms with Crippen molar-refractivity contribution >= 4 is 55.7 Å². The topological polar surface area (TPSA) is 55.8 Å². The van der Waals surface area contributed by atoms with Gasteiger partial charge in [-0.05, 0) is 86.4 Å². The second-order valence-corrected chi connectivity index (χ2v) is 10.6. The quantitative estimate of drug-likeness (QED) is 0.212. The summed E-state index contributed by atoms with van der Waals surface area (Å²) in [6, 6.07) is 25.8. The first-order valence-corrected chi connectivity index (χ1v) is 13.3. The number of fused-ring (bicyclic) bond motifs is 1. The Labute approximate surface area is 228 Å². The van der Waals surface area contributed by atoms with E-state index in [2.05, 4.69) is 15.9 Å². The minimum atomic E-state index is -0.307. The molecule has 0 N–H and O–H groups in total. The van der Waals surface area contributed by atoms with Crippen molar-refractivity contribution in [1.82, 2.24) is 4.90 Å². The Kier molecular flexibility index (Phi) is 7.35. The Bertz CT molecular complexity index is 1530. The zero-order valence-corrected chi connectivity index (χ0v) is 22.8. The summed E-state index contributed by atoms with van der Waals surface area (Å²) in [5.41, 5.74) is 3.86. The first-order chi connectivity index (χ1) is 17.9. The molecule has 37 heavy (non-hydrogen) atoms. The number of hydrogen-bond acceptors (Lipinski definition) is 5. The molecule has 4 aromatic carbocycles. The molecule has 0 aromatic heterocycles. The number of ether oxygens (including phenoxy) is 2. The summed E-state index contributed by atoms with van der Waals surface area (Å²) in [5, 5.41) is 1.91. The minimum absolute atomic E-state index is 0.228. The molecule has 0 saturated carbocycles. The fourth-order valence-corrected chi connectivity index (χ4v) is 5.52. The molecule has 1 aliphatic heterocycles. The Morgan fingerprint density at radius 1 is 0.919 bits per heavy atom. The van der Waals surface area contributed by atoms with Gasteiger partial charge in [-0.3, -0.25) is 14.5 Å². The molecule has 2 amide bonds. The summed E-state index contributed by atoms with van der Waals surface area (Å²) in [6.45, 7) is 2.66. The van der Waals surface area contributed by atoms with E-state index in [4.69, 9.17) is 9.47 Å². The molecule has 0 aliphatic carbocycles. The molecule has 5 nitrogen and oxygen atoms in total. The average Bonchev–Trinajstić information content (AvgIpc) is 3.16. The molecular formula is C30H24BrNO4S. The number of rotatable bonds is 7. The van der Waals surface area contributed by atoms with Gasteiger partial charge in [-0.2, -0.15) is 0 Å². The van der Waals surface area contributed by atoms with Crippen LogP contribution < -0.4 is 9.47 Å². The van der Waals surface area contributed by atoms with E-state index in [0.717, 1.165) is 39.2 Å². The van der Waals surface area contributed by atoms with Crippen LogP contribution in [0.1, 0.15) is 22.3 Å². The van der Waals surface area contributed by atoms with E-state index in [1.807, 2.05) is 79.7 Å². The molecule has 186 valence electrons. The predicted molar refractivity (Wildman–Crippen MR) is 152 cm³/mol. The van der Waals surface area contributed by atoms with E-state index in [-0.39, 0.29) is 17.7 Å². The SMILES string of the molecule is COc1cc(/C=C2\SC(=O)N(Cc3ccc4ccccc4c3)C2=O)cc(Br)c1OCc1ccc(C)cc1. The Morgan fingerprint density at radius 2 is 1.65 bits per heavy atom. The molecule has 0 radical (unpaired) electrons. The van der Waals surface area contributed by atoms with Crippen molar-refractivity contribution in [3.8, 4) is 11.5 Å². The molecule has 1 heterocycles. The highest BCUT2D eigenvalue weighted by Crippen LogP contribution is 2.40. The Morgan fingerprint density at radius 3 is 2.41 bits per heavy atom. The third kappa shape index (κ3) is 5.58. The summed E-state index contributed by atoms with van der Waals surface area (Å²) in [6.07, 6.45) is 1.71. The highest BCUT2D eigenvalue weighted by Gasteiger charge is 2.35. The number of nitrogens with zero attached hydrogens (tertiary/aromatic N) is 1. The van der Waals surface area contributed by atoms with Crippen molar-refractivity contribution in [1.29, 1.82) is 0 Å². The van der Waals surface area contributed by atoms with Crippen molar-refractivity contribution in [2.45, 2.75) is 20.1 Å². The van der Waals surface area contributed by atoms with Crippen LogP contribution in [0.5, 0.6) is 11.5 Å². The molecule has 5 rings (SSSR count). The third-order valence-electron chi connectivity index (χ3n) is 6.08. The molecule has 4 aromatic rings. The van der Waals surface area contributed by atoms with E-state index in [0.29, 0.717) is 27.5 Å². The number of hydrogen-bond donors (Lipinski definition) is 0. The van der Waals surface area contributed by atoms with Gasteiger partial charge in [0.2, 0.25) is 0 Å². The van der Waals surface area contributed by atoms with Gasteiger partial charge in [-0.25, -0.2) is 0 Å². The number of amides is 2. The van der Waals surface area contributed by atoms with Gasteiger partial charge in [0, 0.05) is 0 Å². The number of aryl methyl sites for hydroxylation is 1. The fourth-order valence-electron chi connectivity index (χ4n) is 4.11. The van der Waals surface area contributed by atoms with Crippen molar-refractivity contribution < 1.29 is 19.1 Å². The summed E-state index contributed by atoms with van der Waals surface area (Å²) < 4.78 is 12.3. The van der Waals surface area contributed by atoms with Gasteiger partial charge in [0.15, 0.2) is 11.5 Å². The van der Waals surface area contributed by atoms with Crippen LogP contribution in [0.25, 0.3) is 16.8 Å². The van der Waals surface area contributed by atoms with Crippen molar-refractivity contribution in [2.24, 2.45) is 0 Å². The maximum absolute atomic E-state index is 13.1. The number of halogens is 1. The van der Waals surface area contributed by atoms with E-state index < -0.39 is 0 Å². The van der Waals surface area contributed by atoms with Crippen LogP contribution in [0.3, 0.4) is 0 Å². The highest BCUT2D eigenvalue weighted by atomic mass is 79.9. The molecule has 0 atom stereocenters. The molecule has 7 heteroatoms. The van der Waals surface area contributed by atoms with Gasteiger partial charge in [0.1, 0.15) is 6.61 Å². The number of methoxy groups -OCH3 is 1. The molecular weight excluding hydrogens is 550 g/mol. The number of carbonyl (C=O) groups excluding carboxylic acids is 2. The standard InChI is InChI=1S/C30H24BrNO4S/c1-19-7-9-20(10-8-19)18-36-28-25(31)14-22(15-26(28)35-2)16-27-29(33)32(30(34)37-27)17-21-11-12-23-5-3-4-6-24(23)13-21/h3-16H,17-18H2,1-2H3/b27-16-. The first-order valence-electron chi connectivity index (χ1n) is 11.7. The van der Waals surface area contributed by atoms with Crippen LogP contribution >= 0.6 is 27.7 Å². The maximum Gasteiger partial charge on any atom is 0.293 e. The molecule has 0 spiro atoms. The first kappa shape index (κ1) is 25.1. The second-order valence-electron chi connectivity index (χ2n) is 8.76. The number of thioether (sulfide) groups is 1. The number of benzene rings is 4. The summed E-state index contributed by atoms with van der Waals surface area (Å²) in [5.74, 6) is 0.797. The van der Waals surface area contributed by atoms with Crippen LogP contribution in [-0.4, -0.2) is 23.2 Å². The largest absolute Gasteiger partial charge is 0.493 e. The van der Waals surface area contributed by atoms with E-state index in [1.165, 1.54) is 10.5 Å². The monoisotopic (exact) mass is 573 g/mol. The summed E-state index contributed by atoms with van der Waals surface area (Å²) >= 11 is 4.52. The van der Waals surface area contributed by atoms with Crippen molar-refractivity contribution in [3.05, 3.63) is 110 Å². The second kappa shape index (κ2) is 10.8. The smallest absolute Gasteiger partial charge is 0.293 e. The molecule has 1 saturated heterocycles. The lowest BCUT2D eigenvalue weighted by atomic mass is 10.1.